The number of anilines is 1. The number of amides is 1. The number of rotatable bonds is 9. The molecule has 0 aliphatic carbocycles. The van der Waals surface area contributed by atoms with Crippen molar-refractivity contribution < 1.29 is 31.5 Å². The summed E-state index contributed by atoms with van der Waals surface area (Å²) in [6, 6.07) is 14.9. The number of carbonyl (C=O) groups excluding carboxylic acids is 1. The second-order valence-corrected chi connectivity index (χ2v) is 14.4. The van der Waals surface area contributed by atoms with Crippen molar-refractivity contribution in [3.05, 3.63) is 71.6 Å². The van der Waals surface area contributed by atoms with Crippen molar-refractivity contribution in [2.24, 2.45) is 5.92 Å². The maximum absolute atomic E-state index is 13.6. The molecule has 13 heteroatoms. The van der Waals surface area contributed by atoms with Gasteiger partial charge in [0.05, 0.1) is 29.7 Å². The van der Waals surface area contributed by atoms with Crippen LogP contribution >= 0.6 is 11.3 Å². The van der Waals surface area contributed by atoms with Crippen LogP contribution in [0.2, 0.25) is 0 Å². The fraction of sp³-hybridized carbons (Fsp3) is 0.346. The molecule has 210 valence electrons. The minimum Gasteiger partial charge on any atom is -0.488 e. The van der Waals surface area contributed by atoms with Crippen LogP contribution in [0.4, 0.5) is 5.69 Å². The highest BCUT2D eigenvalue weighted by Crippen LogP contribution is 2.32. The van der Waals surface area contributed by atoms with Crippen molar-refractivity contribution in [2.75, 3.05) is 31.5 Å². The summed E-state index contributed by atoms with van der Waals surface area (Å²) >= 11 is 1.12. The summed E-state index contributed by atoms with van der Waals surface area (Å²) in [6.07, 6.45) is -0.642. The van der Waals surface area contributed by atoms with Crippen molar-refractivity contribution in [3.8, 4) is 5.75 Å². The van der Waals surface area contributed by atoms with Gasteiger partial charge < -0.3 is 14.7 Å². The Balaban J connectivity index is 1.69. The van der Waals surface area contributed by atoms with E-state index in [9.17, 15) is 26.7 Å². The first-order valence-electron chi connectivity index (χ1n) is 12.2. The Hall–Kier alpha value is -2.97. The molecule has 0 radical (unpaired) electrons. The highest BCUT2D eigenvalue weighted by Gasteiger charge is 2.35. The Morgan fingerprint density at radius 3 is 2.49 bits per heavy atom. The molecule has 10 nitrogen and oxygen atoms in total. The number of fused-ring (bicyclic) bond motifs is 1. The molecule has 1 aliphatic heterocycles. The Kier molecular flexibility index (Phi) is 8.66. The van der Waals surface area contributed by atoms with E-state index in [1.807, 2.05) is 6.92 Å². The summed E-state index contributed by atoms with van der Waals surface area (Å²) in [5.74, 6) is -0.540. The molecule has 1 aromatic heterocycles. The fourth-order valence-corrected chi connectivity index (χ4v) is 7.69. The SMILES string of the molecule is CC1CN(C(C)CO)C(=O)c2cc(NS(=O)(=O)c3ccccc3)ccc2OC1CN(C)S(=O)(=O)c1cccs1. The zero-order valence-corrected chi connectivity index (χ0v) is 24.2. The summed E-state index contributed by atoms with van der Waals surface area (Å²) in [4.78, 5) is 15.2. The van der Waals surface area contributed by atoms with Crippen LogP contribution in [-0.4, -0.2) is 75.9 Å². The first-order chi connectivity index (χ1) is 18.4. The third-order valence-corrected chi connectivity index (χ3v) is 11.2. The molecule has 2 aromatic carbocycles. The van der Waals surface area contributed by atoms with Crippen LogP contribution in [-0.2, 0) is 20.0 Å². The molecule has 0 fully saturated rings. The first kappa shape index (κ1) is 29.0. The quantitative estimate of drug-likeness (QED) is 0.390. The Bertz CT molecular complexity index is 1510. The normalized spacial score (nSPS) is 19.1. The smallest absolute Gasteiger partial charge is 0.261 e. The number of aliphatic hydroxyl groups is 1. The number of thiophene rings is 1. The predicted octanol–water partition coefficient (Wildman–Crippen LogP) is 3.09. The van der Waals surface area contributed by atoms with E-state index >= 15 is 0 Å². The highest BCUT2D eigenvalue weighted by atomic mass is 32.2. The van der Waals surface area contributed by atoms with E-state index in [0.717, 1.165) is 11.3 Å². The zero-order valence-electron chi connectivity index (χ0n) is 21.7. The molecule has 2 N–H and O–H groups in total. The van der Waals surface area contributed by atoms with Gasteiger partial charge in [-0.2, -0.15) is 4.31 Å². The molecule has 3 aromatic rings. The monoisotopic (exact) mass is 593 g/mol. The number of hydrogen-bond acceptors (Lipinski definition) is 8. The van der Waals surface area contributed by atoms with Crippen LogP contribution < -0.4 is 9.46 Å². The maximum Gasteiger partial charge on any atom is 0.261 e. The van der Waals surface area contributed by atoms with E-state index in [-0.39, 0.29) is 51.7 Å². The van der Waals surface area contributed by atoms with Crippen LogP contribution in [0.5, 0.6) is 5.75 Å². The number of hydrogen-bond donors (Lipinski definition) is 2. The van der Waals surface area contributed by atoms with E-state index < -0.39 is 38.1 Å². The average molecular weight is 594 g/mol. The lowest BCUT2D eigenvalue weighted by Gasteiger charge is -2.38. The Morgan fingerprint density at radius 2 is 1.85 bits per heavy atom. The molecule has 2 heterocycles. The number of sulfonamides is 2. The van der Waals surface area contributed by atoms with Gasteiger partial charge in [0.1, 0.15) is 16.1 Å². The number of likely N-dealkylation sites (N-methyl/N-ethyl adjacent to an activating group) is 1. The summed E-state index contributed by atoms with van der Waals surface area (Å²) < 4.78 is 62.0. The molecule has 0 saturated heterocycles. The minimum atomic E-state index is -3.91. The molecule has 0 spiro atoms. The van der Waals surface area contributed by atoms with E-state index in [1.54, 1.807) is 36.6 Å². The van der Waals surface area contributed by atoms with Gasteiger partial charge in [-0.3, -0.25) is 9.52 Å². The molecular formula is C26H31N3O7S3. The van der Waals surface area contributed by atoms with E-state index in [4.69, 9.17) is 4.74 Å². The largest absolute Gasteiger partial charge is 0.488 e. The van der Waals surface area contributed by atoms with E-state index in [1.165, 1.54) is 52.7 Å². The second kappa shape index (κ2) is 11.6. The minimum absolute atomic E-state index is 0.0127. The van der Waals surface area contributed by atoms with Gasteiger partial charge in [0.15, 0.2) is 0 Å². The summed E-state index contributed by atoms with van der Waals surface area (Å²) in [5, 5.41) is 11.5. The molecule has 1 amide bonds. The Labute approximate surface area is 232 Å². The van der Waals surface area contributed by atoms with Gasteiger partial charge in [0.2, 0.25) is 0 Å². The average Bonchev–Trinajstić information content (AvgIpc) is 3.47. The van der Waals surface area contributed by atoms with Gasteiger partial charge in [-0.15, -0.1) is 11.3 Å². The third-order valence-electron chi connectivity index (χ3n) is 6.57. The number of ether oxygens (including phenoxy) is 1. The molecule has 0 bridgehead atoms. The van der Waals surface area contributed by atoms with Crippen LogP contribution in [0.25, 0.3) is 0 Å². The number of carbonyl (C=O) groups is 1. The lowest BCUT2D eigenvalue weighted by atomic mass is 9.99. The predicted molar refractivity (Wildman–Crippen MR) is 149 cm³/mol. The third kappa shape index (κ3) is 6.28. The van der Waals surface area contributed by atoms with Crippen molar-refractivity contribution in [2.45, 2.75) is 35.1 Å². The van der Waals surface area contributed by atoms with Crippen molar-refractivity contribution >= 4 is 43.0 Å². The molecule has 3 atom stereocenters. The van der Waals surface area contributed by atoms with Gasteiger partial charge in [0.25, 0.3) is 26.0 Å². The summed E-state index contributed by atoms with van der Waals surface area (Å²) in [7, 11) is -6.17. The molecular weight excluding hydrogens is 563 g/mol. The second-order valence-electron chi connectivity index (χ2n) is 9.47. The fourth-order valence-electron chi connectivity index (χ4n) is 4.23. The molecule has 4 rings (SSSR count). The lowest BCUT2D eigenvalue weighted by Crippen LogP contribution is -2.50. The summed E-state index contributed by atoms with van der Waals surface area (Å²) in [6.45, 7) is 3.48. The van der Waals surface area contributed by atoms with Gasteiger partial charge >= 0.3 is 0 Å². The standard InChI is InChI=1S/C26H31N3O7S3/c1-18-15-29(19(2)17-30)26(31)22-14-20(27-38(32,33)21-8-5-4-6-9-21)11-12-23(22)36-24(18)16-28(3)39(34,35)25-10-7-13-37-25/h4-14,18-19,24,27,30H,15-17H2,1-3H3. The van der Waals surface area contributed by atoms with E-state index in [0.29, 0.717) is 0 Å². The number of aliphatic hydroxyl groups excluding tert-OH is 1. The lowest BCUT2D eigenvalue weighted by molar-refractivity contribution is 0.0387. The van der Waals surface area contributed by atoms with Gasteiger partial charge in [0, 0.05) is 25.2 Å². The zero-order chi connectivity index (χ0) is 28.4. The highest BCUT2D eigenvalue weighted by molar-refractivity contribution is 7.92. The molecule has 3 unspecified atom stereocenters. The number of nitrogens with zero attached hydrogens (tertiary/aromatic N) is 2. The maximum atomic E-state index is 13.6. The summed E-state index contributed by atoms with van der Waals surface area (Å²) in [5.41, 5.74) is 0.262. The topological polar surface area (TPSA) is 133 Å². The van der Waals surface area contributed by atoms with Gasteiger partial charge in [-0.25, -0.2) is 16.8 Å². The molecule has 1 aliphatic rings. The number of benzene rings is 2. The van der Waals surface area contributed by atoms with Gasteiger partial charge in [-0.05, 0) is 48.7 Å². The van der Waals surface area contributed by atoms with Gasteiger partial charge in [-0.1, -0.05) is 31.2 Å². The van der Waals surface area contributed by atoms with E-state index in [2.05, 4.69) is 4.72 Å². The van der Waals surface area contributed by atoms with Crippen LogP contribution in [0.3, 0.4) is 0 Å². The van der Waals surface area contributed by atoms with Crippen LogP contribution in [0.15, 0.2) is 75.1 Å². The van der Waals surface area contributed by atoms with Crippen molar-refractivity contribution in [1.29, 1.82) is 0 Å². The molecule has 0 saturated carbocycles. The first-order valence-corrected chi connectivity index (χ1v) is 16.0. The van der Waals surface area contributed by atoms with Crippen molar-refractivity contribution in [1.82, 2.24) is 9.21 Å². The number of nitrogens with one attached hydrogen (secondary N) is 1. The van der Waals surface area contributed by atoms with Crippen molar-refractivity contribution in [3.63, 3.8) is 0 Å². The van der Waals surface area contributed by atoms with Crippen LogP contribution in [0.1, 0.15) is 24.2 Å². The van der Waals surface area contributed by atoms with Crippen LogP contribution in [0, 0.1) is 5.92 Å². The molecule has 39 heavy (non-hydrogen) atoms. The Morgan fingerprint density at radius 1 is 1.13 bits per heavy atom.